The predicted octanol–water partition coefficient (Wildman–Crippen LogP) is 2.79. The van der Waals surface area contributed by atoms with Gasteiger partial charge in [-0.1, -0.05) is 24.6 Å². The molecule has 1 aromatic carbocycles. The van der Waals surface area contributed by atoms with Gasteiger partial charge in [0.2, 0.25) is 5.91 Å². The van der Waals surface area contributed by atoms with Crippen LogP contribution in [0.3, 0.4) is 0 Å². The van der Waals surface area contributed by atoms with E-state index in [0.717, 1.165) is 0 Å². The molecule has 2 aromatic heterocycles. The molecule has 3 heterocycles. The lowest BCUT2D eigenvalue weighted by molar-refractivity contribution is -0.119. The molecular formula is C23H27ClN6O5S. The lowest BCUT2D eigenvalue weighted by Gasteiger charge is -2.21. The molecule has 11 nitrogen and oxygen atoms in total. The second kappa shape index (κ2) is 10.4. The van der Waals surface area contributed by atoms with E-state index in [1.807, 2.05) is 0 Å². The van der Waals surface area contributed by atoms with Crippen molar-refractivity contribution in [1.82, 2.24) is 30.0 Å². The number of para-hydroxylation sites is 1. The van der Waals surface area contributed by atoms with E-state index in [1.54, 1.807) is 36.6 Å². The fourth-order valence-corrected chi connectivity index (χ4v) is 5.79. The van der Waals surface area contributed by atoms with E-state index in [0.29, 0.717) is 46.7 Å². The van der Waals surface area contributed by atoms with E-state index in [4.69, 9.17) is 21.1 Å². The van der Waals surface area contributed by atoms with Gasteiger partial charge in [-0.25, -0.2) is 18.4 Å². The molecule has 0 unspecified atom stereocenters. The maximum atomic E-state index is 13.6. The molecule has 1 saturated heterocycles. The number of carbonyl (C=O) groups excluding carboxylic acids is 1. The Kier molecular flexibility index (Phi) is 7.46. The van der Waals surface area contributed by atoms with Crippen LogP contribution in [0.5, 0.6) is 11.5 Å². The van der Waals surface area contributed by atoms with Crippen LogP contribution in [0.1, 0.15) is 56.1 Å². The van der Waals surface area contributed by atoms with Crippen LogP contribution in [0.4, 0.5) is 0 Å². The number of benzene rings is 1. The first kappa shape index (κ1) is 25.8. The molecule has 192 valence electrons. The van der Waals surface area contributed by atoms with Crippen molar-refractivity contribution in [2.24, 2.45) is 0 Å². The van der Waals surface area contributed by atoms with Gasteiger partial charge in [-0.3, -0.25) is 9.36 Å². The number of ether oxygens (including phenoxy) is 2. The summed E-state index contributed by atoms with van der Waals surface area (Å²) in [5, 5.41) is 11.0. The monoisotopic (exact) mass is 534 g/mol. The summed E-state index contributed by atoms with van der Waals surface area (Å²) in [5.41, 5.74) is 0.454. The number of rotatable bonds is 9. The third kappa shape index (κ3) is 5.00. The van der Waals surface area contributed by atoms with E-state index in [-0.39, 0.29) is 11.7 Å². The molecule has 13 heteroatoms. The largest absolute Gasteiger partial charge is 0.494 e. The summed E-state index contributed by atoms with van der Waals surface area (Å²) in [4.78, 5) is 20.3. The number of halogens is 1. The van der Waals surface area contributed by atoms with Gasteiger partial charge in [0.05, 0.1) is 30.5 Å². The van der Waals surface area contributed by atoms with Crippen LogP contribution >= 0.6 is 11.6 Å². The minimum atomic E-state index is -3.77. The maximum Gasteiger partial charge on any atom is 0.220 e. The Morgan fingerprint density at radius 3 is 2.33 bits per heavy atom. The van der Waals surface area contributed by atoms with Gasteiger partial charge in [-0.2, -0.15) is 0 Å². The van der Waals surface area contributed by atoms with E-state index < -0.39 is 32.8 Å². The van der Waals surface area contributed by atoms with Gasteiger partial charge in [0.25, 0.3) is 0 Å². The first-order valence-corrected chi connectivity index (χ1v) is 13.4. The Balaban J connectivity index is 1.77. The van der Waals surface area contributed by atoms with Gasteiger partial charge < -0.3 is 14.8 Å². The molecule has 3 aromatic rings. The quantitative estimate of drug-likeness (QED) is 0.439. The van der Waals surface area contributed by atoms with Crippen molar-refractivity contribution in [3.63, 3.8) is 0 Å². The number of methoxy groups -OCH3 is 2. The summed E-state index contributed by atoms with van der Waals surface area (Å²) in [6.45, 7) is 3.36. The molecular weight excluding hydrogens is 508 g/mol. The summed E-state index contributed by atoms with van der Waals surface area (Å²) in [5.74, 6) is 0.794. The Hall–Kier alpha value is -3.25. The van der Waals surface area contributed by atoms with E-state index in [9.17, 15) is 13.2 Å². The topological polar surface area (TPSA) is 138 Å². The van der Waals surface area contributed by atoms with Gasteiger partial charge >= 0.3 is 0 Å². The van der Waals surface area contributed by atoms with Crippen molar-refractivity contribution >= 4 is 27.3 Å². The fourth-order valence-electron chi connectivity index (χ4n) is 4.14. The second-order valence-corrected chi connectivity index (χ2v) is 11.3. The average Bonchev–Trinajstić information content (AvgIpc) is 3.48. The van der Waals surface area contributed by atoms with Crippen molar-refractivity contribution in [2.45, 2.75) is 49.7 Å². The Morgan fingerprint density at radius 1 is 1.14 bits per heavy atom. The van der Waals surface area contributed by atoms with Crippen LogP contribution in [-0.4, -0.2) is 58.5 Å². The van der Waals surface area contributed by atoms with E-state index >= 15 is 0 Å². The van der Waals surface area contributed by atoms with Crippen molar-refractivity contribution < 1.29 is 22.7 Å². The molecule has 4 rings (SSSR count). The zero-order chi connectivity index (χ0) is 26.0. The molecule has 0 spiro atoms. The fraction of sp³-hybridized carbons (Fsp3) is 0.435. The van der Waals surface area contributed by atoms with Crippen molar-refractivity contribution in [3.8, 4) is 17.2 Å². The standard InChI is InChI=1S/C23H27ClN6O5S/c1-13(22-25-10-15(24)11-26-22)14(2)36(32,33)12-19-28-29-23(16-8-9-20(31)27-16)30(19)21-17(34-3)6-5-7-18(21)35-4/h5-7,10-11,13-14,16H,8-9,12H2,1-4H3,(H,27,31)/t13-,14-,16-/m0/s1. The Bertz CT molecular complexity index is 1340. The number of nitrogens with one attached hydrogen (secondary N) is 1. The summed E-state index contributed by atoms with van der Waals surface area (Å²) < 4.78 is 39.9. The molecule has 36 heavy (non-hydrogen) atoms. The van der Waals surface area contributed by atoms with Crippen LogP contribution in [0, 0.1) is 0 Å². The molecule has 0 aliphatic carbocycles. The normalized spacial score (nSPS) is 17.5. The number of hydrogen-bond donors (Lipinski definition) is 1. The highest BCUT2D eigenvalue weighted by Crippen LogP contribution is 2.37. The van der Waals surface area contributed by atoms with E-state index in [2.05, 4.69) is 25.5 Å². The third-order valence-electron chi connectivity index (χ3n) is 6.34. The first-order valence-electron chi connectivity index (χ1n) is 11.3. The number of carbonyl (C=O) groups is 1. The Morgan fingerprint density at radius 2 is 1.78 bits per heavy atom. The molecule has 3 atom stereocenters. The highest BCUT2D eigenvalue weighted by molar-refractivity contribution is 7.91. The molecule has 1 aliphatic rings. The number of aromatic nitrogens is 5. The van der Waals surface area contributed by atoms with Gasteiger partial charge in [0, 0.05) is 24.7 Å². The summed E-state index contributed by atoms with van der Waals surface area (Å²) in [6, 6.07) is 4.79. The summed E-state index contributed by atoms with van der Waals surface area (Å²) >= 11 is 5.88. The van der Waals surface area contributed by atoms with Crippen LogP contribution in [0.2, 0.25) is 5.02 Å². The first-order chi connectivity index (χ1) is 17.2. The van der Waals surface area contributed by atoms with Crippen molar-refractivity contribution in [1.29, 1.82) is 0 Å². The molecule has 1 N–H and O–H groups in total. The molecule has 1 aliphatic heterocycles. The van der Waals surface area contributed by atoms with Gasteiger partial charge in [-0.15, -0.1) is 10.2 Å². The van der Waals surface area contributed by atoms with Crippen molar-refractivity contribution in [2.75, 3.05) is 14.2 Å². The van der Waals surface area contributed by atoms with Gasteiger partial charge in [0.15, 0.2) is 21.5 Å². The zero-order valence-corrected chi connectivity index (χ0v) is 21.9. The van der Waals surface area contributed by atoms with E-state index in [1.165, 1.54) is 26.6 Å². The molecule has 1 amide bonds. The smallest absolute Gasteiger partial charge is 0.220 e. The van der Waals surface area contributed by atoms with Crippen LogP contribution in [-0.2, 0) is 20.4 Å². The van der Waals surface area contributed by atoms with Crippen LogP contribution < -0.4 is 14.8 Å². The average molecular weight is 535 g/mol. The number of sulfone groups is 1. The van der Waals surface area contributed by atoms with Crippen molar-refractivity contribution in [3.05, 3.63) is 53.1 Å². The van der Waals surface area contributed by atoms with Crippen LogP contribution in [0.25, 0.3) is 5.69 Å². The molecule has 0 radical (unpaired) electrons. The minimum Gasteiger partial charge on any atom is -0.494 e. The predicted molar refractivity (Wildman–Crippen MR) is 132 cm³/mol. The molecule has 0 bridgehead atoms. The summed E-state index contributed by atoms with van der Waals surface area (Å²) in [7, 11) is -0.755. The SMILES string of the molecule is COc1cccc(OC)c1-n1c(CS(=O)(=O)[C@@H](C)[C@H](C)c2ncc(Cl)cn2)nnc1[C@@H]1CCC(=O)N1. The second-order valence-electron chi connectivity index (χ2n) is 8.54. The lowest BCUT2D eigenvalue weighted by Crippen LogP contribution is -2.28. The zero-order valence-electron chi connectivity index (χ0n) is 20.3. The summed E-state index contributed by atoms with van der Waals surface area (Å²) in [6.07, 6.45) is 3.71. The minimum absolute atomic E-state index is 0.110. The third-order valence-corrected chi connectivity index (χ3v) is 8.73. The number of amides is 1. The highest BCUT2D eigenvalue weighted by Gasteiger charge is 2.35. The van der Waals surface area contributed by atoms with Gasteiger partial charge in [-0.05, 0) is 25.5 Å². The number of hydrogen-bond acceptors (Lipinski definition) is 9. The molecule has 0 saturated carbocycles. The number of nitrogens with zero attached hydrogens (tertiary/aromatic N) is 5. The highest BCUT2D eigenvalue weighted by atomic mass is 35.5. The molecule has 1 fully saturated rings. The van der Waals surface area contributed by atoms with Gasteiger partial charge in [0.1, 0.15) is 28.8 Å². The lowest BCUT2D eigenvalue weighted by atomic mass is 10.1. The Labute approximate surface area is 214 Å². The maximum absolute atomic E-state index is 13.6. The van der Waals surface area contributed by atoms with Crippen LogP contribution in [0.15, 0.2) is 30.6 Å².